The third kappa shape index (κ3) is 2.63. The normalized spacial score (nSPS) is 13.1. The highest BCUT2D eigenvalue weighted by molar-refractivity contribution is 7.17. The highest BCUT2D eigenvalue weighted by Crippen LogP contribution is 2.25. The Balaban J connectivity index is 1.99. The minimum atomic E-state index is 0.630. The maximum absolute atomic E-state index is 3.54. The average molecular weight is 233 g/mol. The van der Waals surface area contributed by atoms with Crippen molar-refractivity contribution in [3.63, 3.8) is 0 Å². The Labute approximate surface area is 101 Å². The van der Waals surface area contributed by atoms with Gasteiger partial charge in [-0.15, -0.1) is 11.3 Å². The predicted octanol–water partition coefficient (Wildman–Crippen LogP) is 3.83. The van der Waals surface area contributed by atoms with Crippen LogP contribution in [0.2, 0.25) is 0 Å². The van der Waals surface area contributed by atoms with Crippen molar-refractivity contribution in [3.8, 4) is 0 Å². The monoisotopic (exact) mass is 233 g/mol. The van der Waals surface area contributed by atoms with E-state index in [0.29, 0.717) is 6.04 Å². The van der Waals surface area contributed by atoms with E-state index in [1.807, 2.05) is 11.3 Å². The lowest BCUT2D eigenvalue weighted by Gasteiger charge is -2.10. The van der Waals surface area contributed by atoms with E-state index in [4.69, 9.17) is 0 Å². The van der Waals surface area contributed by atoms with E-state index in [0.717, 1.165) is 13.0 Å². The Morgan fingerprint density at radius 1 is 1.31 bits per heavy atom. The predicted molar refractivity (Wildman–Crippen MR) is 73.3 cm³/mol. The van der Waals surface area contributed by atoms with Gasteiger partial charge in [0.25, 0.3) is 0 Å². The zero-order valence-corrected chi connectivity index (χ0v) is 10.8. The number of fused-ring (bicyclic) bond motifs is 1. The highest BCUT2D eigenvalue weighted by Gasteiger charge is 2.03. The molecule has 1 N–H and O–H groups in total. The largest absolute Gasteiger partial charge is 0.314 e. The highest BCUT2D eigenvalue weighted by atomic mass is 32.1. The van der Waals surface area contributed by atoms with Gasteiger partial charge in [-0.05, 0) is 48.7 Å². The molecule has 0 saturated carbocycles. The van der Waals surface area contributed by atoms with Crippen LogP contribution in [-0.2, 0) is 6.42 Å². The minimum absolute atomic E-state index is 0.630. The maximum Gasteiger partial charge on any atom is 0.0345 e. The molecule has 0 aliphatic rings. The number of thiophene rings is 1. The second-order valence-electron chi connectivity index (χ2n) is 4.27. The summed E-state index contributed by atoms with van der Waals surface area (Å²) >= 11 is 1.85. The Morgan fingerprint density at radius 3 is 2.94 bits per heavy atom. The number of nitrogens with one attached hydrogen (secondary N) is 1. The fourth-order valence-electron chi connectivity index (χ4n) is 1.82. The fourth-order valence-corrected chi connectivity index (χ4v) is 2.82. The van der Waals surface area contributed by atoms with E-state index >= 15 is 0 Å². The van der Waals surface area contributed by atoms with Crippen LogP contribution in [0.3, 0.4) is 0 Å². The summed E-state index contributed by atoms with van der Waals surface area (Å²) in [5.74, 6) is 0. The van der Waals surface area contributed by atoms with Gasteiger partial charge in [-0.3, -0.25) is 0 Å². The molecular formula is C14H19NS. The third-order valence-electron chi connectivity index (χ3n) is 3.06. The third-order valence-corrected chi connectivity index (χ3v) is 4.07. The van der Waals surface area contributed by atoms with Gasteiger partial charge in [-0.25, -0.2) is 0 Å². The van der Waals surface area contributed by atoms with Gasteiger partial charge in [0.2, 0.25) is 0 Å². The van der Waals surface area contributed by atoms with Crippen molar-refractivity contribution in [1.82, 2.24) is 5.32 Å². The van der Waals surface area contributed by atoms with Crippen molar-refractivity contribution in [2.75, 3.05) is 6.54 Å². The van der Waals surface area contributed by atoms with Crippen LogP contribution in [0.1, 0.15) is 25.8 Å². The van der Waals surface area contributed by atoms with Crippen LogP contribution in [0.25, 0.3) is 10.1 Å². The molecule has 2 rings (SSSR count). The summed E-state index contributed by atoms with van der Waals surface area (Å²) in [4.78, 5) is 0. The summed E-state index contributed by atoms with van der Waals surface area (Å²) in [6.07, 6.45) is 2.33. The van der Waals surface area contributed by atoms with Crippen LogP contribution >= 0.6 is 11.3 Å². The topological polar surface area (TPSA) is 12.0 Å². The first-order chi connectivity index (χ1) is 7.81. The molecule has 0 spiro atoms. The molecule has 1 atom stereocenters. The molecule has 0 amide bonds. The van der Waals surface area contributed by atoms with Gasteiger partial charge >= 0.3 is 0 Å². The van der Waals surface area contributed by atoms with E-state index in [9.17, 15) is 0 Å². The van der Waals surface area contributed by atoms with Crippen LogP contribution in [0.5, 0.6) is 0 Å². The van der Waals surface area contributed by atoms with E-state index in [-0.39, 0.29) is 0 Å². The molecule has 1 nitrogen and oxygen atoms in total. The van der Waals surface area contributed by atoms with Gasteiger partial charge in [0.05, 0.1) is 0 Å². The van der Waals surface area contributed by atoms with Crippen LogP contribution in [0.4, 0.5) is 0 Å². The Kier molecular flexibility index (Phi) is 3.97. The molecule has 0 fully saturated rings. The van der Waals surface area contributed by atoms with Crippen LogP contribution in [-0.4, -0.2) is 12.6 Å². The number of benzene rings is 1. The van der Waals surface area contributed by atoms with Crippen molar-refractivity contribution < 1.29 is 0 Å². The second-order valence-corrected chi connectivity index (χ2v) is 5.18. The van der Waals surface area contributed by atoms with Crippen LogP contribution < -0.4 is 5.32 Å². The first-order valence-corrected chi connectivity index (χ1v) is 6.87. The quantitative estimate of drug-likeness (QED) is 0.827. The molecule has 16 heavy (non-hydrogen) atoms. The first kappa shape index (κ1) is 11.6. The van der Waals surface area contributed by atoms with Crippen molar-refractivity contribution in [2.45, 2.75) is 32.7 Å². The Hall–Kier alpha value is -0.860. The standard InChI is InChI=1S/C14H19NS/c1-3-11(2)15-9-8-12-10-16-14-7-5-4-6-13(12)14/h4-7,10-11,15H,3,8-9H2,1-2H3. The molecule has 1 aromatic heterocycles. The van der Waals surface area contributed by atoms with E-state index in [1.54, 1.807) is 0 Å². The molecule has 0 aliphatic carbocycles. The molecule has 0 radical (unpaired) electrons. The first-order valence-electron chi connectivity index (χ1n) is 5.99. The average Bonchev–Trinajstić information content (AvgIpc) is 2.73. The van der Waals surface area contributed by atoms with Gasteiger partial charge in [0.15, 0.2) is 0 Å². The lowest BCUT2D eigenvalue weighted by molar-refractivity contribution is 0.538. The van der Waals surface area contributed by atoms with Crippen LogP contribution in [0, 0.1) is 0 Å². The number of rotatable bonds is 5. The molecule has 86 valence electrons. The van der Waals surface area contributed by atoms with Gasteiger partial charge in [0, 0.05) is 10.7 Å². The number of hydrogen-bond acceptors (Lipinski definition) is 2. The summed E-state index contributed by atoms with van der Waals surface area (Å²) in [6, 6.07) is 9.29. The molecule has 1 unspecified atom stereocenters. The molecule has 1 aromatic carbocycles. The molecule has 2 heteroatoms. The Morgan fingerprint density at radius 2 is 2.12 bits per heavy atom. The summed E-state index contributed by atoms with van der Waals surface area (Å²) in [6.45, 7) is 5.54. The second kappa shape index (κ2) is 5.46. The lowest BCUT2D eigenvalue weighted by Crippen LogP contribution is -2.27. The smallest absolute Gasteiger partial charge is 0.0345 e. The molecule has 1 heterocycles. The van der Waals surface area contributed by atoms with E-state index < -0.39 is 0 Å². The fraction of sp³-hybridized carbons (Fsp3) is 0.429. The van der Waals surface area contributed by atoms with Crippen LogP contribution in [0.15, 0.2) is 29.6 Å². The zero-order chi connectivity index (χ0) is 11.4. The van der Waals surface area contributed by atoms with Crippen molar-refractivity contribution >= 4 is 21.4 Å². The van der Waals surface area contributed by atoms with E-state index in [1.165, 1.54) is 22.1 Å². The summed E-state index contributed by atoms with van der Waals surface area (Å²) in [7, 11) is 0. The summed E-state index contributed by atoms with van der Waals surface area (Å²) in [5, 5.41) is 7.26. The summed E-state index contributed by atoms with van der Waals surface area (Å²) in [5.41, 5.74) is 1.48. The SMILES string of the molecule is CCC(C)NCCc1csc2ccccc12. The van der Waals surface area contributed by atoms with Crippen molar-refractivity contribution in [2.24, 2.45) is 0 Å². The summed E-state index contributed by atoms with van der Waals surface area (Å²) < 4.78 is 1.40. The molecule has 2 aromatic rings. The molecule has 0 aliphatic heterocycles. The van der Waals surface area contributed by atoms with Gasteiger partial charge in [0.1, 0.15) is 0 Å². The zero-order valence-electron chi connectivity index (χ0n) is 9.99. The Bertz CT molecular complexity index is 447. The number of hydrogen-bond donors (Lipinski definition) is 1. The van der Waals surface area contributed by atoms with Gasteiger partial charge in [-0.1, -0.05) is 25.1 Å². The van der Waals surface area contributed by atoms with Gasteiger partial charge in [-0.2, -0.15) is 0 Å². The molecular weight excluding hydrogens is 214 g/mol. The van der Waals surface area contributed by atoms with Crippen molar-refractivity contribution in [3.05, 3.63) is 35.2 Å². The van der Waals surface area contributed by atoms with Gasteiger partial charge < -0.3 is 5.32 Å². The molecule has 0 bridgehead atoms. The minimum Gasteiger partial charge on any atom is -0.314 e. The van der Waals surface area contributed by atoms with Crippen molar-refractivity contribution in [1.29, 1.82) is 0 Å². The lowest BCUT2D eigenvalue weighted by atomic mass is 10.1. The molecule has 0 saturated heterocycles. The maximum atomic E-state index is 3.54. The van der Waals surface area contributed by atoms with E-state index in [2.05, 4.69) is 48.8 Å².